The van der Waals surface area contributed by atoms with E-state index in [1.54, 1.807) is 12.1 Å². The van der Waals surface area contributed by atoms with E-state index < -0.39 is 13.7 Å². The summed E-state index contributed by atoms with van der Waals surface area (Å²) in [6, 6.07) is 12.4. The molecule has 5 heteroatoms. The van der Waals surface area contributed by atoms with Gasteiger partial charge in [-0.25, -0.2) is 0 Å². The van der Waals surface area contributed by atoms with Crippen molar-refractivity contribution in [2.75, 3.05) is 7.11 Å². The topological polar surface area (TPSA) is 59.3 Å². The number of rotatable bonds is 8. The Hall–Kier alpha value is -1.64. The van der Waals surface area contributed by atoms with Crippen molar-refractivity contribution in [2.24, 2.45) is 5.41 Å². The monoisotopic (exact) mass is 347 g/mol. The second-order valence-corrected chi connectivity index (χ2v) is 11.4. The predicted molar refractivity (Wildman–Crippen MR) is 98.0 cm³/mol. The van der Waals surface area contributed by atoms with E-state index in [0.29, 0.717) is 5.56 Å². The van der Waals surface area contributed by atoms with Gasteiger partial charge in [-0.15, -0.1) is 0 Å². The number of benzene rings is 1. The number of ether oxygens (including phenoxy) is 1. The van der Waals surface area contributed by atoms with Crippen molar-refractivity contribution in [2.45, 2.75) is 58.9 Å². The molecule has 0 radical (unpaired) electrons. The van der Waals surface area contributed by atoms with Gasteiger partial charge >= 0.3 is 5.97 Å². The fourth-order valence-corrected chi connectivity index (χ4v) is 5.92. The predicted octanol–water partition coefficient (Wildman–Crippen LogP) is 4.82. The third-order valence-electron chi connectivity index (χ3n) is 5.01. The third-order valence-corrected chi connectivity index (χ3v) is 9.61. The highest BCUT2D eigenvalue weighted by Crippen LogP contribution is 2.42. The molecule has 132 valence electrons. The minimum atomic E-state index is -1.93. The second kappa shape index (κ2) is 8.45. The number of nitrogens with zero attached hydrogens (tertiary/aromatic N) is 1. The van der Waals surface area contributed by atoms with Crippen LogP contribution in [0.4, 0.5) is 0 Å². The van der Waals surface area contributed by atoms with E-state index in [4.69, 9.17) is 14.4 Å². The van der Waals surface area contributed by atoms with E-state index in [2.05, 4.69) is 26.8 Å². The highest BCUT2D eigenvalue weighted by atomic mass is 28.4. The molecule has 0 amide bonds. The van der Waals surface area contributed by atoms with E-state index in [0.717, 1.165) is 23.7 Å². The average molecular weight is 348 g/mol. The first kappa shape index (κ1) is 20.4. The van der Waals surface area contributed by atoms with Crippen molar-refractivity contribution in [3.63, 3.8) is 0 Å². The molecule has 0 saturated heterocycles. The molecule has 0 saturated carbocycles. The molecule has 0 bridgehead atoms. The fraction of sp³-hybridized carbons (Fsp3) is 0.579. The van der Waals surface area contributed by atoms with Gasteiger partial charge in [0.25, 0.3) is 0 Å². The van der Waals surface area contributed by atoms with E-state index in [1.165, 1.54) is 7.11 Å². The Morgan fingerprint density at radius 1 is 1.17 bits per heavy atom. The van der Waals surface area contributed by atoms with Crippen LogP contribution in [0.5, 0.6) is 0 Å². The molecule has 0 aromatic heterocycles. The van der Waals surface area contributed by atoms with E-state index >= 15 is 0 Å². The zero-order valence-corrected chi connectivity index (χ0v) is 16.7. The molecule has 0 aliphatic rings. The highest BCUT2D eigenvalue weighted by molar-refractivity contribution is 6.73. The number of hydrogen-bond acceptors (Lipinski definition) is 4. The Morgan fingerprint density at radius 2 is 1.67 bits per heavy atom. The minimum absolute atomic E-state index is 0.289. The molecule has 0 heterocycles. The number of hydrogen-bond donors (Lipinski definition) is 0. The van der Waals surface area contributed by atoms with Crippen LogP contribution in [-0.4, -0.2) is 21.4 Å². The van der Waals surface area contributed by atoms with Crippen LogP contribution in [-0.2, 0) is 14.0 Å². The van der Waals surface area contributed by atoms with Crippen molar-refractivity contribution in [3.8, 4) is 6.07 Å². The summed E-state index contributed by atoms with van der Waals surface area (Å²) in [6.07, 6.45) is -0.385. The quantitative estimate of drug-likeness (QED) is 0.499. The maximum atomic E-state index is 12.4. The van der Waals surface area contributed by atoms with Crippen LogP contribution in [0.2, 0.25) is 18.1 Å². The molecular formula is C19H29NO3Si. The number of esters is 1. The van der Waals surface area contributed by atoms with Gasteiger partial charge in [0.15, 0.2) is 8.32 Å². The molecule has 1 aromatic rings. The van der Waals surface area contributed by atoms with Gasteiger partial charge in [0.05, 0.1) is 30.3 Å². The van der Waals surface area contributed by atoms with Crippen molar-refractivity contribution in [1.29, 1.82) is 5.26 Å². The number of methoxy groups -OCH3 is 1. The molecule has 1 aromatic carbocycles. The Balaban J connectivity index is 3.35. The summed E-state index contributed by atoms with van der Waals surface area (Å²) < 4.78 is 11.7. The van der Waals surface area contributed by atoms with Crippen LogP contribution in [0.1, 0.15) is 51.8 Å². The molecule has 4 nitrogen and oxygen atoms in total. The first-order valence-corrected chi connectivity index (χ1v) is 11.1. The molecular weight excluding hydrogens is 318 g/mol. The summed E-state index contributed by atoms with van der Waals surface area (Å²) in [6.45, 7) is 10.2. The molecule has 0 N–H and O–H groups in total. The first-order valence-electron chi connectivity index (χ1n) is 8.56. The van der Waals surface area contributed by atoms with E-state index in [-0.39, 0.29) is 12.1 Å². The standard InChI is InChI=1S/C19H29NO3Si/c1-7-24(8-2,9-3)23-17(19(4,5)18(21)22-6)16-12-10-15(14-20)11-13-16/h10-13,17H,7-9H2,1-6H3. The largest absolute Gasteiger partial charge is 0.469 e. The SMILES string of the molecule is CC[Si](CC)(CC)OC(c1ccc(C#N)cc1)C(C)(C)C(=O)OC. The molecule has 0 aliphatic heterocycles. The molecule has 24 heavy (non-hydrogen) atoms. The van der Waals surface area contributed by atoms with Crippen molar-refractivity contribution >= 4 is 14.3 Å². The molecule has 0 fully saturated rings. The smallest absolute Gasteiger partial charge is 0.314 e. The second-order valence-electron chi connectivity index (χ2n) is 6.69. The van der Waals surface area contributed by atoms with Gasteiger partial charge in [-0.3, -0.25) is 4.79 Å². The average Bonchev–Trinajstić information content (AvgIpc) is 2.62. The lowest BCUT2D eigenvalue weighted by Gasteiger charge is -2.40. The Kier molecular flexibility index (Phi) is 7.19. The zero-order chi connectivity index (χ0) is 18.4. The van der Waals surface area contributed by atoms with Gasteiger partial charge < -0.3 is 9.16 Å². The highest BCUT2D eigenvalue weighted by Gasteiger charge is 2.44. The summed E-state index contributed by atoms with van der Waals surface area (Å²) in [7, 11) is -0.520. The van der Waals surface area contributed by atoms with Crippen molar-refractivity contribution in [1.82, 2.24) is 0 Å². The lowest BCUT2D eigenvalue weighted by molar-refractivity contribution is -0.157. The Morgan fingerprint density at radius 3 is 2.04 bits per heavy atom. The summed E-state index contributed by atoms with van der Waals surface area (Å²) >= 11 is 0. The minimum Gasteiger partial charge on any atom is -0.469 e. The van der Waals surface area contributed by atoms with Gasteiger partial charge in [0.1, 0.15) is 0 Å². The van der Waals surface area contributed by atoms with Crippen LogP contribution in [0.25, 0.3) is 0 Å². The van der Waals surface area contributed by atoms with Crippen LogP contribution in [0.15, 0.2) is 24.3 Å². The zero-order valence-electron chi connectivity index (χ0n) is 15.7. The maximum Gasteiger partial charge on any atom is 0.314 e. The fourth-order valence-electron chi connectivity index (χ4n) is 2.98. The number of carbonyl (C=O) groups excluding carboxylic acids is 1. The number of nitriles is 1. The van der Waals surface area contributed by atoms with E-state index in [1.807, 2.05) is 26.0 Å². The van der Waals surface area contributed by atoms with Gasteiger partial charge in [-0.1, -0.05) is 32.9 Å². The number of carbonyl (C=O) groups is 1. The van der Waals surface area contributed by atoms with Crippen LogP contribution >= 0.6 is 0 Å². The summed E-state index contributed by atoms with van der Waals surface area (Å²) in [4.78, 5) is 12.4. The first-order chi connectivity index (χ1) is 11.3. The molecule has 0 spiro atoms. The Bertz CT molecular complexity index is 577. The lowest BCUT2D eigenvalue weighted by Crippen LogP contribution is -2.43. The molecule has 1 unspecified atom stereocenters. The van der Waals surface area contributed by atoms with Crippen molar-refractivity contribution < 1.29 is 14.0 Å². The molecule has 1 rings (SSSR count). The molecule has 1 atom stereocenters. The Labute approximate surface area is 146 Å². The van der Waals surface area contributed by atoms with Gasteiger partial charge in [0.2, 0.25) is 0 Å². The lowest BCUT2D eigenvalue weighted by atomic mass is 9.82. The van der Waals surface area contributed by atoms with E-state index in [9.17, 15) is 4.79 Å². The van der Waals surface area contributed by atoms with Crippen LogP contribution in [0.3, 0.4) is 0 Å². The van der Waals surface area contributed by atoms with Crippen molar-refractivity contribution in [3.05, 3.63) is 35.4 Å². The van der Waals surface area contributed by atoms with Crippen LogP contribution < -0.4 is 0 Å². The summed E-state index contributed by atoms with van der Waals surface area (Å²) in [5.41, 5.74) is 0.704. The van der Waals surface area contributed by atoms with Gasteiger partial charge in [0, 0.05) is 0 Å². The van der Waals surface area contributed by atoms with Crippen LogP contribution in [0, 0.1) is 16.7 Å². The van der Waals surface area contributed by atoms with Gasteiger partial charge in [-0.05, 0) is 49.7 Å². The summed E-state index contributed by atoms with van der Waals surface area (Å²) in [5, 5.41) is 9.01. The van der Waals surface area contributed by atoms with Gasteiger partial charge in [-0.2, -0.15) is 5.26 Å². The maximum absolute atomic E-state index is 12.4. The molecule has 0 aliphatic carbocycles. The summed E-state index contributed by atoms with van der Waals surface area (Å²) in [5.74, 6) is -0.289. The third kappa shape index (κ3) is 4.25. The normalized spacial score (nSPS) is 13.2.